The Hall–Kier alpha value is -3.63. The van der Waals surface area contributed by atoms with Crippen LogP contribution in [0.25, 0.3) is 11.0 Å². The summed E-state index contributed by atoms with van der Waals surface area (Å²) >= 11 is 5.98. The van der Waals surface area contributed by atoms with Gasteiger partial charge in [-0.1, -0.05) is 5.16 Å². The summed E-state index contributed by atoms with van der Waals surface area (Å²) in [6, 6.07) is 4.64. The van der Waals surface area contributed by atoms with Gasteiger partial charge in [-0.15, -0.1) is 23.1 Å². The third kappa shape index (κ3) is 9.20. The summed E-state index contributed by atoms with van der Waals surface area (Å²) in [4.78, 5) is 22.9. The smallest absolute Gasteiger partial charge is 0.475 e. The number of benzene rings is 1. The van der Waals surface area contributed by atoms with Crippen LogP contribution in [0.2, 0.25) is 0 Å². The molecule has 0 aliphatic rings. The molecule has 0 aliphatic carbocycles. The Bertz CT molecular complexity index is 1810. The average molecular weight is 769 g/mol. The number of nitrogens with one attached hydrogen (secondary N) is 1. The third-order valence-corrected chi connectivity index (χ3v) is 10.3. The van der Waals surface area contributed by atoms with E-state index in [4.69, 9.17) is 35.5 Å². The van der Waals surface area contributed by atoms with Crippen molar-refractivity contribution >= 4 is 77.7 Å². The molecule has 0 atom stereocenters. The van der Waals surface area contributed by atoms with Crippen LogP contribution in [0.3, 0.4) is 0 Å². The molecule has 0 saturated heterocycles. The number of aryl methyl sites for hydroxylation is 2. The van der Waals surface area contributed by atoms with E-state index < -0.39 is 34.1 Å². The second-order valence-corrected chi connectivity index (χ2v) is 13.3. The van der Waals surface area contributed by atoms with Gasteiger partial charge < -0.3 is 25.0 Å². The molecule has 246 valence electrons. The van der Waals surface area contributed by atoms with E-state index in [1.165, 1.54) is 29.2 Å². The van der Waals surface area contributed by atoms with E-state index in [0.717, 1.165) is 11.3 Å². The summed E-state index contributed by atoms with van der Waals surface area (Å²) in [5.41, 5.74) is 8.62. The fraction of sp³-hybridized carbons (Fsp3) is 0.261. The Morgan fingerprint density at radius 2 is 1.64 bits per heavy atom. The van der Waals surface area contributed by atoms with Crippen LogP contribution in [0.1, 0.15) is 21.9 Å². The topological polar surface area (TPSA) is 202 Å². The van der Waals surface area contributed by atoms with Gasteiger partial charge in [-0.05, 0) is 54.2 Å². The van der Waals surface area contributed by atoms with Gasteiger partial charge in [0, 0.05) is 10.0 Å². The number of hydrogen-bond acceptors (Lipinski definition) is 10. The summed E-state index contributed by atoms with van der Waals surface area (Å²) in [6.07, 6.45) is -6.70. The Balaban J connectivity index is 0.000000421. The fourth-order valence-corrected chi connectivity index (χ4v) is 7.83. The van der Waals surface area contributed by atoms with Crippen LogP contribution in [0.5, 0.6) is 0 Å². The number of amidine groups is 1. The molecule has 5 N–H and O–H groups in total. The average Bonchev–Trinajstić information content (AvgIpc) is 3.62. The zero-order valence-corrected chi connectivity index (χ0v) is 26.8. The maximum absolute atomic E-state index is 13.5. The van der Waals surface area contributed by atoms with E-state index in [2.05, 4.69) is 26.1 Å². The molecule has 0 fully saturated rings. The molecule has 0 spiro atoms. The first-order chi connectivity index (χ1) is 20.5. The van der Waals surface area contributed by atoms with Crippen LogP contribution in [0.4, 0.5) is 26.3 Å². The van der Waals surface area contributed by atoms with E-state index in [9.17, 15) is 34.8 Å². The Kier molecular flexibility index (Phi) is 11.9. The van der Waals surface area contributed by atoms with E-state index in [1.54, 1.807) is 24.7 Å². The van der Waals surface area contributed by atoms with Crippen LogP contribution in [-0.2, 0) is 26.0 Å². The molecule has 3 aromatic heterocycles. The van der Waals surface area contributed by atoms with E-state index in [1.807, 2.05) is 18.4 Å². The Labute approximate surface area is 265 Å². The zero-order valence-electron chi connectivity index (χ0n) is 22.7. The van der Waals surface area contributed by atoms with Crippen molar-refractivity contribution in [1.29, 1.82) is 5.41 Å². The predicted octanol–water partition coefficient (Wildman–Crippen LogP) is 5.62. The van der Waals surface area contributed by atoms with Crippen molar-refractivity contribution in [2.24, 2.45) is 5.73 Å². The maximum atomic E-state index is 13.5. The minimum Gasteiger partial charge on any atom is -0.475 e. The number of sulfone groups is 1. The number of carboxylic acid groups (broad SMARTS) is 2. The molecule has 3 heterocycles. The quantitative estimate of drug-likeness (QED) is 0.0821. The summed E-state index contributed by atoms with van der Waals surface area (Å²) in [7, 11) is -3.85. The van der Waals surface area contributed by atoms with Crippen molar-refractivity contribution in [2.45, 2.75) is 46.7 Å². The van der Waals surface area contributed by atoms with Gasteiger partial charge >= 0.3 is 24.3 Å². The number of thioether (sulfide) groups is 1. The number of nitrogen functional groups attached to an aromatic ring is 1. The zero-order chi connectivity index (χ0) is 34.7. The molecule has 0 saturated carbocycles. The first-order valence-electron chi connectivity index (χ1n) is 11.5. The number of aliphatic carboxylic acids is 2. The number of carbonyl (C=O) groups is 2. The first-order valence-corrected chi connectivity index (χ1v) is 15.8. The minimum absolute atomic E-state index is 0.135. The number of nitrogens with two attached hydrogens (primary N) is 1. The van der Waals surface area contributed by atoms with Crippen LogP contribution >= 0.6 is 39.0 Å². The minimum atomic E-state index is -5.08. The monoisotopic (exact) mass is 767 g/mol. The Morgan fingerprint density at radius 1 is 1.11 bits per heavy atom. The van der Waals surface area contributed by atoms with Gasteiger partial charge in [-0.2, -0.15) is 26.3 Å². The number of imidazole rings is 1. The largest absolute Gasteiger partial charge is 0.490 e. The number of hydrogen-bond donors (Lipinski definition) is 4. The van der Waals surface area contributed by atoms with Crippen molar-refractivity contribution in [3.05, 3.63) is 50.9 Å². The van der Waals surface area contributed by atoms with E-state index in [-0.39, 0.29) is 15.6 Å². The number of thiophene rings is 1. The van der Waals surface area contributed by atoms with Gasteiger partial charge in [-0.25, -0.2) is 23.0 Å². The molecule has 45 heavy (non-hydrogen) atoms. The van der Waals surface area contributed by atoms with Crippen LogP contribution in [0.15, 0.2) is 47.5 Å². The number of aromatic nitrogens is 3. The molecule has 1 aromatic carbocycles. The first kappa shape index (κ1) is 37.6. The standard InChI is InChI=1S/C19H18BrN5O3S3.2C2HF3O2/c1-9-12(10(2)28-24-9)7-25-8-23-17-13(20)4-11(5-14(17)25)31(26,27)16-6-15(18(21)22)30-19(16)29-3;2*3-2(4,5)1(6)7/h4-6,8H,7H2,1-3H3,(H3,21,22);2*(H,6,7). The molecule has 12 nitrogen and oxygen atoms in total. The number of fused-ring (bicyclic) bond motifs is 1. The van der Waals surface area contributed by atoms with Gasteiger partial charge in [0.2, 0.25) is 9.84 Å². The lowest BCUT2D eigenvalue weighted by atomic mass is 10.2. The van der Waals surface area contributed by atoms with Crippen molar-refractivity contribution in [1.82, 2.24) is 14.7 Å². The fourth-order valence-electron chi connectivity index (χ4n) is 3.22. The lowest BCUT2D eigenvalue weighted by molar-refractivity contribution is -0.193. The third-order valence-electron chi connectivity index (χ3n) is 5.36. The van der Waals surface area contributed by atoms with Crippen molar-refractivity contribution < 1.29 is 59.1 Å². The number of carboxylic acids is 2. The molecule has 4 rings (SSSR count). The number of alkyl halides is 6. The molecular formula is C23H20BrF6N5O7S3. The highest BCUT2D eigenvalue weighted by Gasteiger charge is 2.39. The SMILES string of the molecule is CSc1sc(C(=N)N)cc1S(=O)(=O)c1cc(Br)c2ncn(Cc3c(C)noc3C)c2c1.O=C(O)C(F)(F)F.O=C(O)C(F)(F)F. The number of halogens is 7. The molecule has 0 amide bonds. The number of rotatable bonds is 6. The van der Waals surface area contributed by atoms with Gasteiger partial charge in [0.1, 0.15) is 17.1 Å². The lowest BCUT2D eigenvalue weighted by Crippen LogP contribution is -2.21. The van der Waals surface area contributed by atoms with Crippen LogP contribution < -0.4 is 5.73 Å². The van der Waals surface area contributed by atoms with Crippen LogP contribution in [-0.4, -0.2) is 69.7 Å². The second-order valence-electron chi connectivity index (χ2n) is 8.44. The van der Waals surface area contributed by atoms with Crippen LogP contribution in [0, 0.1) is 19.3 Å². The molecule has 0 unspecified atom stereocenters. The van der Waals surface area contributed by atoms with Gasteiger partial charge in [-0.3, -0.25) is 5.41 Å². The molecule has 0 aliphatic heterocycles. The summed E-state index contributed by atoms with van der Waals surface area (Å²) < 4.78 is 98.8. The van der Waals surface area contributed by atoms with Crippen molar-refractivity contribution in [3.63, 3.8) is 0 Å². The van der Waals surface area contributed by atoms with Gasteiger partial charge in [0.05, 0.1) is 43.0 Å². The lowest BCUT2D eigenvalue weighted by Gasteiger charge is -2.08. The second kappa shape index (κ2) is 14.2. The summed E-state index contributed by atoms with van der Waals surface area (Å²) in [5.74, 6) is -4.96. The van der Waals surface area contributed by atoms with Gasteiger partial charge in [0.25, 0.3) is 0 Å². The highest BCUT2D eigenvalue weighted by Crippen LogP contribution is 2.38. The predicted molar refractivity (Wildman–Crippen MR) is 152 cm³/mol. The maximum Gasteiger partial charge on any atom is 0.490 e. The molecular weight excluding hydrogens is 748 g/mol. The highest BCUT2D eigenvalue weighted by atomic mass is 79.9. The number of nitrogens with zero attached hydrogens (tertiary/aromatic N) is 3. The molecule has 22 heteroatoms. The summed E-state index contributed by atoms with van der Waals surface area (Å²) in [6.45, 7) is 4.16. The normalized spacial score (nSPS) is 11.8. The molecule has 4 aromatic rings. The Morgan fingerprint density at radius 3 is 2.07 bits per heavy atom. The van der Waals surface area contributed by atoms with Crippen molar-refractivity contribution in [3.8, 4) is 0 Å². The van der Waals surface area contributed by atoms with Crippen molar-refractivity contribution in [2.75, 3.05) is 6.26 Å². The summed E-state index contributed by atoms with van der Waals surface area (Å²) in [5, 5.41) is 25.9. The highest BCUT2D eigenvalue weighted by molar-refractivity contribution is 9.10. The molecule has 0 bridgehead atoms. The van der Waals surface area contributed by atoms with Gasteiger partial charge in [0.15, 0.2) is 0 Å². The molecule has 0 radical (unpaired) electrons. The van der Waals surface area contributed by atoms with E-state index in [0.29, 0.717) is 36.9 Å². The van der Waals surface area contributed by atoms with E-state index >= 15 is 0 Å².